The minimum atomic E-state index is -1.26. The molecule has 0 saturated carbocycles. The molecule has 0 spiro atoms. The molecule has 0 aliphatic carbocycles. The number of carbonyl (C=O) groups excluding carboxylic acids is 3. The van der Waals surface area contributed by atoms with E-state index in [0.717, 1.165) is 10.5 Å². The lowest BCUT2D eigenvalue weighted by Crippen LogP contribution is -2.57. The summed E-state index contributed by atoms with van der Waals surface area (Å²) in [6.07, 6.45) is 0.358. The van der Waals surface area contributed by atoms with Gasteiger partial charge in [-0.05, 0) is 31.2 Å². The number of aliphatic carboxylic acids is 2. The molecule has 11 nitrogen and oxygen atoms in total. The lowest BCUT2D eigenvalue weighted by molar-refractivity contribution is -0.150. The number of benzene rings is 1. The number of amides is 3. The molecule has 1 heterocycles. The van der Waals surface area contributed by atoms with E-state index in [0.29, 0.717) is 6.42 Å². The highest BCUT2D eigenvalue weighted by Gasteiger charge is 2.38. The Hall–Kier alpha value is -3.12. The molecular formula is C22H30N4O7S. The standard InChI is InChI=1S/C22H30N4O7S/c23-14(11-13-5-2-1-3-6-13)19(29)25-16(12-34)20(30)24-15(8-9-18(27)28)21(31)26-10-4-7-17(26)22(32)33/h1-3,5-6,14-17,34H,4,7-12,23H2,(H,24,30)(H,25,29)(H,27,28)(H,32,33). The largest absolute Gasteiger partial charge is 0.481 e. The first-order valence-corrected chi connectivity index (χ1v) is 11.5. The maximum atomic E-state index is 13.0. The maximum Gasteiger partial charge on any atom is 0.326 e. The van der Waals surface area contributed by atoms with E-state index in [-0.39, 0.29) is 31.6 Å². The highest BCUT2D eigenvalue weighted by Crippen LogP contribution is 2.19. The SMILES string of the molecule is NC(Cc1ccccc1)C(=O)NC(CS)C(=O)NC(CCC(=O)O)C(=O)N1CCCC1C(=O)O. The molecule has 0 bridgehead atoms. The third-order valence-corrected chi connectivity index (χ3v) is 5.90. The van der Waals surface area contributed by atoms with Crippen molar-refractivity contribution in [2.24, 2.45) is 5.73 Å². The summed E-state index contributed by atoms with van der Waals surface area (Å²) in [5.41, 5.74) is 6.80. The minimum Gasteiger partial charge on any atom is -0.481 e. The lowest BCUT2D eigenvalue weighted by Gasteiger charge is -2.28. The van der Waals surface area contributed by atoms with E-state index in [1.807, 2.05) is 30.3 Å². The molecule has 1 aromatic carbocycles. The third kappa shape index (κ3) is 7.73. The fourth-order valence-corrected chi connectivity index (χ4v) is 3.98. The number of carbonyl (C=O) groups is 5. The number of nitrogens with zero attached hydrogens (tertiary/aromatic N) is 1. The van der Waals surface area contributed by atoms with Gasteiger partial charge in [-0.2, -0.15) is 12.6 Å². The van der Waals surface area contributed by atoms with Crippen LogP contribution in [0.2, 0.25) is 0 Å². The van der Waals surface area contributed by atoms with Gasteiger partial charge in [0.25, 0.3) is 0 Å². The molecule has 4 unspecified atom stereocenters. The first-order valence-electron chi connectivity index (χ1n) is 10.9. The van der Waals surface area contributed by atoms with Gasteiger partial charge >= 0.3 is 11.9 Å². The zero-order chi connectivity index (χ0) is 25.3. The Kier molecular flexibility index (Phi) is 10.3. The Balaban J connectivity index is 2.05. The molecule has 34 heavy (non-hydrogen) atoms. The van der Waals surface area contributed by atoms with Gasteiger partial charge < -0.3 is 31.5 Å². The van der Waals surface area contributed by atoms with Gasteiger partial charge in [0.15, 0.2) is 0 Å². The number of likely N-dealkylation sites (tertiary alicyclic amines) is 1. The predicted molar refractivity (Wildman–Crippen MR) is 125 cm³/mol. The van der Waals surface area contributed by atoms with Crippen LogP contribution in [0, 0.1) is 0 Å². The van der Waals surface area contributed by atoms with Crippen LogP contribution in [0.4, 0.5) is 0 Å². The summed E-state index contributed by atoms with van der Waals surface area (Å²) in [4.78, 5) is 62.0. The average Bonchev–Trinajstić information content (AvgIpc) is 3.30. The molecule has 6 N–H and O–H groups in total. The van der Waals surface area contributed by atoms with Crippen molar-refractivity contribution in [3.05, 3.63) is 35.9 Å². The van der Waals surface area contributed by atoms with Gasteiger partial charge in [0.1, 0.15) is 18.1 Å². The molecule has 1 aromatic rings. The van der Waals surface area contributed by atoms with Crippen LogP contribution >= 0.6 is 12.6 Å². The van der Waals surface area contributed by atoms with Crippen LogP contribution in [0.25, 0.3) is 0 Å². The number of nitrogens with one attached hydrogen (secondary N) is 2. The second-order valence-electron chi connectivity index (χ2n) is 8.06. The summed E-state index contributed by atoms with van der Waals surface area (Å²) in [6, 6.07) is 4.73. The van der Waals surface area contributed by atoms with Crippen molar-refractivity contribution >= 4 is 42.3 Å². The number of carboxylic acid groups (broad SMARTS) is 2. The Morgan fingerprint density at radius 3 is 2.29 bits per heavy atom. The molecule has 3 amide bonds. The van der Waals surface area contributed by atoms with E-state index in [1.54, 1.807) is 0 Å². The quantitative estimate of drug-likeness (QED) is 0.208. The molecule has 0 radical (unpaired) electrons. The molecule has 4 atom stereocenters. The van der Waals surface area contributed by atoms with E-state index in [1.165, 1.54) is 0 Å². The second-order valence-corrected chi connectivity index (χ2v) is 8.43. The highest BCUT2D eigenvalue weighted by molar-refractivity contribution is 7.80. The van der Waals surface area contributed by atoms with Gasteiger partial charge in [0, 0.05) is 18.7 Å². The van der Waals surface area contributed by atoms with Crippen molar-refractivity contribution < 1.29 is 34.2 Å². The number of thiol groups is 1. The van der Waals surface area contributed by atoms with Crippen LogP contribution in [0.15, 0.2) is 30.3 Å². The van der Waals surface area contributed by atoms with Crippen molar-refractivity contribution in [1.82, 2.24) is 15.5 Å². The molecule has 0 aromatic heterocycles. The van der Waals surface area contributed by atoms with Crippen LogP contribution in [-0.4, -0.2) is 81.2 Å². The minimum absolute atomic E-state index is 0.100. The molecule has 186 valence electrons. The number of carboxylic acids is 2. The van der Waals surface area contributed by atoms with Gasteiger partial charge in [0.2, 0.25) is 17.7 Å². The second kappa shape index (κ2) is 12.9. The Bertz CT molecular complexity index is 898. The molecular weight excluding hydrogens is 464 g/mol. The fourth-order valence-electron chi connectivity index (χ4n) is 3.72. The molecule has 1 fully saturated rings. The summed E-state index contributed by atoms with van der Waals surface area (Å²) >= 11 is 4.10. The van der Waals surface area contributed by atoms with Gasteiger partial charge in [-0.25, -0.2) is 4.79 Å². The van der Waals surface area contributed by atoms with Crippen LogP contribution in [-0.2, 0) is 30.4 Å². The third-order valence-electron chi connectivity index (χ3n) is 5.53. The summed E-state index contributed by atoms with van der Waals surface area (Å²) < 4.78 is 0. The summed E-state index contributed by atoms with van der Waals surface area (Å²) in [7, 11) is 0. The topological polar surface area (TPSA) is 179 Å². The first kappa shape index (κ1) is 27.1. The van der Waals surface area contributed by atoms with Crippen molar-refractivity contribution in [3.8, 4) is 0 Å². The van der Waals surface area contributed by atoms with Crippen LogP contribution in [0.3, 0.4) is 0 Å². The van der Waals surface area contributed by atoms with Crippen LogP contribution in [0.1, 0.15) is 31.2 Å². The summed E-state index contributed by atoms with van der Waals surface area (Å²) in [5, 5.41) is 23.3. The van der Waals surface area contributed by atoms with E-state index in [4.69, 9.17) is 10.8 Å². The van der Waals surface area contributed by atoms with E-state index < -0.39 is 60.2 Å². The van der Waals surface area contributed by atoms with Gasteiger partial charge in [-0.1, -0.05) is 30.3 Å². The van der Waals surface area contributed by atoms with Crippen LogP contribution < -0.4 is 16.4 Å². The highest BCUT2D eigenvalue weighted by atomic mass is 32.1. The van der Waals surface area contributed by atoms with E-state index >= 15 is 0 Å². The Labute approximate surface area is 202 Å². The first-order chi connectivity index (χ1) is 16.1. The number of nitrogens with two attached hydrogens (primary N) is 1. The summed E-state index contributed by atoms with van der Waals surface area (Å²) in [5.74, 6) is -4.44. The maximum absolute atomic E-state index is 13.0. The Morgan fingerprint density at radius 2 is 1.71 bits per heavy atom. The molecule has 1 aliphatic heterocycles. The zero-order valence-corrected chi connectivity index (χ0v) is 19.4. The van der Waals surface area contributed by atoms with Crippen molar-refractivity contribution in [3.63, 3.8) is 0 Å². The Morgan fingerprint density at radius 1 is 1.06 bits per heavy atom. The van der Waals surface area contributed by atoms with Gasteiger partial charge in [-0.3, -0.25) is 19.2 Å². The number of hydrogen-bond acceptors (Lipinski definition) is 7. The summed E-state index contributed by atoms with van der Waals surface area (Å²) in [6.45, 7) is 0.191. The molecule has 1 saturated heterocycles. The molecule has 12 heteroatoms. The smallest absolute Gasteiger partial charge is 0.326 e. The number of rotatable bonds is 12. The van der Waals surface area contributed by atoms with Gasteiger partial charge in [0.05, 0.1) is 6.04 Å². The van der Waals surface area contributed by atoms with Crippen LogP contribution in [0.5, 0.6) is 0 Å². The average molecular weight is 495 g/mol. The normalized spacial score (nSPS) is 17.9. The van der Waals surface area contributed by atoms with Crippen molar-refractivity contribution in [2.45, 2.75) is 56.3 Å². The monoisotopic (exact) mass is 494 g/mol. The molecule has 2 rings (SSSR count). The lowest BCUT2D eigenvalue weighted by atomic mass is 10.1. The van der Waals surface area contributed by atoms with Crippen molar-refractivity contribution in [1.29, 1.82) is 0 Å². The van der Waals surface area contributed by atoms with E-state index in [2.05, 4.69) is 23.3 Å². The number of hydrogen-bond donors (Lipinski definition) is 6. The van der Waals surface area contributed by atoms with E-state index in [9.17, 15) is 29.1 Å². The molecule has 1 aliphatic rings. The fraction of sp³-hybridized carbons (Fsp3) is 0.500. The van der Waals surface area contributed by atoms with Crippen molar-refractivity contribution in [2.75, 3.05) is 12.3 Å². The predicted octanol–water partition coefficient (Wildman–Crippen LogP) is -0.604. The van der Waals surface area contributed by atoms with Gasteiger partial charge in [-0.15, -0.1) is 0 Å². The zero-order valence-electron chi connectivity index (χ0n) is 18.6.